The molecule has 0 amide bonds. The fourth-order valence-electron chi connectivity index (χ4n) is 2.54. The monoisotopic (exact) mass is 217 g/mol. The van der Waals surface area contributed by atoms with Gasteiger partial charge in [0.15, 0.2) is 0 Å². The van der Waals surface area contributed by atoms with Gasteiger partial charge in [0.1, 0.15) is 6.29 Å². The van der Waals surface area contributed by atoms with Gasteiger partial charge in [-0.2, -0.15) is 0 Å². The van der Waals surface area contributed by atoms with Crippen LogP contribution in [0.5, 0.6) is 0 Å². The molecule has 0 saturated carbocycles. The van der Waals surface area contributed by atoms with E-state index in [2.05, 4.69) is 18.0 Å². The molecule has 1 aliphatic rings. The Balaban J connectivity index is 2.19. The van der Waals surface area contributed by atoms with E-state index in [9.17, 15) is 4.79 Å². The molecule has 1 heterocycles. The Bertz CT molecular complexity index is 362. The topological polar surface area (TPSA) is 20.3 Å². The zero-order valence-corrected chi connectivity index (χ0v) is 9.86. The molecule has 86 valence electrons. The number of hydrogen-bond acceptors (Lipinski definition) is 2. The summed E-state index contributed by atoms with van der Waals surface area (Å²) in [6.07, 6.45) is 4.59. The van der Waals surface area contributed by atoms with Crippen molar-refractivity contribution in [2.45, 2.75) is 25.2 Å². The van der Waals surface area contributed by atoms with Crippen molar-refractivity contribution in [1.82, 2.24) is 4.90 Å². The summed E-state index contributed by atoms with van der Waals surface area (Å²) < 4.78 is 0. The van der Waals surface area contributed by atoms with E-state index >= 15 is 0 Å². The molecule has 1 saturated heterocycles. The molecule has 0 N–H and O–H groups in total. The summed E-state index contributed by atoms with van der Waals surface area (Å²) in [6, 6.07) is 8.02. The zero-order valence-electron chi connectivity index (χ0n) is 9.86. The highest BCUT2D eigenvalue weighted by molar-refractivity contribution is 5.77. The molecular weight excluding hydrogens is 198 g/mol. The SMILES string of the molecule is CN1CCCC(c2ccccc2C=O)CC1. The lowest BCUT2D eigenvalue weighted by atomic mass is 9.89. The minimum absolute atomic E-state index is 0.561. The summed E-state index contributed by atoms with van der Waals surface area (Å²) in [5.41, 5.74) is 2.12. The molecule has 1 aliphatic heterocycles. The smallest absolute Gasteiger partial charge is 0.150 e. The maximum Gasteiger partial charge on any atom is 0.150 e. The first-order valence-electron chi connectivity index (χ1n) is 6.04. The van der Waals surface area contributed by atoms with Crippen LogP contribution >= 0.6 is 0 Å². The second-order valence-electron chi connectivity index (χ2n) is 4.68. The standard InChI is InChI=1S/C14H19NO/c1-15-9-4-6-12(8-10-15)14-7-3-2-5-13(14)11-16/h2-3,5,7,11-12H,4,6,8-10H2,1H3. The van der Waals surface area contributed by atoms with Gasteiger partial charge in [-0.3, -0.25) is 4.79 Å². The Hall–Kier alpha value is -1.15. The summed E-state index contributed by atoms with van der Waals surface area (Å²) in [4.78, 5) is 13.4. The molecule has 1 atom stereocenters. The van der Waals surface area contributed by atoms with Crippen LogP contribution in [0.3, 0.4) is 0 Å². The zero-order chi connectivity index (χ0) is 11.4. The number of carbonyl (C=O) groups is 1. The molecule has 0 radical (unpaired) electrons. The predicted molar refractivity (Wildman–Crippen MR) is 65.9 cm³/mol. The van der Waals surface area contributed by atoms with E-state index in [1.807, 2.05) is 18.2 Å². The van der Waals surface area contributed by atoms with E-state index in [4.69, 9.17) is 0 Å². The summed E-state index contributed by atoms with van der Waals surface area (Å²) >= 11 is 0. The molecule has 0 aliphatic carbocycles. The van der Waals surface area contributed by atoms with Gasteiger partial charge < -0.3 is 4.90 Å². The van der Waals surface area contributed by atoms with Gasteiger partial charge in [0, 0.05) is 5.56 Å². The van der Waals surface area contributed by atoms with E-state index in [1.54, 1.807) is 0 Å². The molecule has 0 spiro atoms. The van der Waals surface area contributed by atoms with Gasteiger partial charge in [0.2, 0.25) is 0 Å². The molecule has 2 heteroatoms. The van der Waals surface area contributed by atoms with Crippen LogP contribution < -0.4 is 0 Å². The molecule has 2 rings (SSSR count). The molecule has 2 nitrogen and oxygen atoms in total. The first-order chi connectivity index (χ1) is 7.81. The van der Waals surface area contributed by atoms with Crippen LogP contribution in [0.1, 0.15) is 41.1 Å². The third kappa shape index (κ3) is 2.50. The van der Waals surface area contributed by atoms with Crippen molar-refractivity contribution in [3.63, 3.8) is 0 Å². The maximum absolute atomic E-state index is 11.0. The largest absolute Gasteiger partial charge is 0.306 e. The van der Waals surface area contributed by atoms with Crippen molar-refractivity contribution < 1.29 is 4.79 Å². The first-order valence-corrected chi connectivity index (χ1v) is 6.04. The van der Waals surface area contributed by atoms with Crippen LogP contribution in [-0.2, 0) is 0 Å². The van der Waals surface area contributed by atoms with Crippen LogP contribution in [0.4, 0.5) is 0 Å². The highest BCUT2D eigenvalue weighted by atomic mass is 16.1. The Morgan fingerprint density at radius 3 is 2.88 bits per heavy atom. The molecule has 0 bridgehead atoms. The van der Waals surface area contributed by atoms with Gasteiger partial charge in [-0.1, -0.05) is 24.3 Å². The number of hydrogen-bond donors (Lipinski definition) is 0. The lowest BCUT2D eigenvalue weighted by Crippen LogP contribution is -2.18. The van der Waals surface area contributed by atoms with Gasteiger partial charge in [-0.05, 0) is 50.9 Å². The van der Waals surface area contributed by atoms with E-state index in [1.165, 1.54) is 31.4 Å². The maximum atomic E-state index is 11.0. The van der Waals surface area contributed by atoms with Gasteiger partial charge >= 0.3 is 0 Å². The average Bonchev–Trinajstić information content (AvgIpc) is 2.54. The number of aldehydes is 1. The quantitative estimate of drug-likeness (QED) is 0.710. The highest BCUT2D eigenvalue weighted by Gasteiger charge is 2.18. The van der Waals surface area contributed by atoms with Gasteiger partial charge in [0.25, 0.3) is 0 Å². The van der Waals surface area contributed by atoms with E-state index in [-0.39, 0.29) is 0 Å². The fourth-order valence-corrected chi connectivity index (χ4v) is 2.54. The molecule has 1 fully saturated rings. The second kappa shape index (κ2) is 5.26. The minimum atomic E-state index is 0.561. The van der Waals surface area contributed by atoms with E-state index in [0.29, 0.717) is 5.92 Å². The first kappa shape index (κ1) is 11.3. The van der Waals surface area contributed by atoms with Crippen LogP contribution in [0.15, 0.2) is 24.3 Å². The summed E-state index contributed by atoms with van der Waals surface area (Å²) in [7, 11) is 2.17. The number of likely N-dealkylation sites (tertiary alicyclic amines) is 1. The second-order valence-corrected chi connectivity index (χ2v) is 4.68. The van der Waals surface area contributed by atoms with Gasteiger partial charge in [-0.15, -0.1) is 0 Å². The number of benzene rings is 1. The van der Waals surface area contributed by atoms with Crippen molar-refractivity contribution in [2.24, 2.45) is 0 Å². The predicted octanol–water partition coefficient (Wildman–Crippen LogP) is 2.70. The summed E-state index contributed by atoms with van der Waals surface area (Å²) in [5, 5.41) is 0. The van der Waals surface area contributed by atoms with Crippen LogP contribution in [0.2, 0.25) is 0 Å². The Labute approximate surface area is 97.3 Å². The van der Waals surface area contributed by atoms with E-state index < -0.39 is 0 Å². The van der Waals surface area contributed by atoms with Crippen molar-refractivity contribution >= 4 is 6.29 Å². The van der Waals surface area contributed by atoms with E-state index in [0.717, 1.165) is 18.4 Å². The van der Waals surface area contributed by atoms with Crippen LogP contribution in [0.25, 0.3) is 0 Å². The van der Waals surface area contributed by atoms with Crippen molar-refractivity contribution in [3.05, 3.63) is 35.4 Å². The van der Waals surface area contributed by atoms with Crippen molar-refractivity contribution in [2.75, 3.05) is 20.1 Å². The number of carbonyl (C=O) groups excluding carboxylic acids is 1. The Morgan fingerprint density at radius 2 is 2.06 bits per heavy atom. The number of nitrogens with zero attached hydrogens (tertiary/aromatic N) is 1. The third-order valence-electron chi connectivity index (χ3n) is 3.51. The molecule has 1 aromatic carbocycles. The highest BCUT2D eigenvalue weighted by Crippen LogP contribution is 2.29. The molecule has 1 aromatic rings. The van der Waals surface area contributed by atoms with Gasteiger partial charge in [0.05, 0.1) is 0 Å². The Morgan fingerprint density at radius 1 is 1.25 bits per heavy atom. The van der Waals surface area contributed by atoms with Crippen molar-refractivity contribution in [3.8, 4) is 0 Å². The summed E-state index contributed by atoms with van der Waals surface area (Å²) in [5.74, 6) is 0.561. The third-order valence-corrected chi connectivity index (χ3v) is 3.51. The molecule has 0 aromatic heterocycles. The van der Waals surface area contributed by atoms with Crippen LogP contribution in [0, 0.1) is 0 Å². The minimum Gasteiger partial charge on any atom is -0.306 e. The fraction of sp³-hybridized carbons (Fsp3) is 0.500. The van der Waals surface area contributed by atoms with Gasteiger partial charge in [-0.25, -0.2) is 0 Å². The molecular formula is C14H19NO. The summed E-state index contributed by atoms with van der Waals surface area (Å²) in [6.45, 7) is 2.32. The molecule has 16 heavy (non-hydrogen) atoms. The number of rotatable bonds is 2. The molecule has 1 unspecified atom stereocenters. The van der Waals surface area contributed by atoms with Crippen molar-refractivity contribution in [1.29, 1.82) is 0 Å². The average molecular weight is 217 g/mol. The van der Waals surface area contributed by atoms with Crippen LogP contribution in [-0.4, -0.2) is 31.3 Å². The Kier molecular flexibility index (Phi) is 3.73. The normalized spacial score (nSPS) is 22.7. The lowest BCUT2D eigenvalue weighted by Gasteiger charge is -2.16. The lowest BCUT2D eigenvalue weighted by molar-refractivity contribution is 0.112.